The Kier molecular flexibility index (Phi) is 5.31. The van der Waals surface area contributed by atoms with Gasteiger partial charge in [0.2, 0.25) is 0 Å². The van der Waals surface area contributed by atoms with Gasteiger partial charge in [-0.3, -0.25) is 0 Å². The van der Waals surface area contributed by atoms with E-state index in [0.717, 1.165) is 35.1 Å². The molecule has 0 radical (unpaired) electrons. The van der Waals surface area contributed by atoms with Gasteiger partial charge in [0, 0.05) is 17.3 Å². The van der Waals surface area contributed by atoms with Gasteiger partial charge in [0.05, 0.1) is 6.61 Å². The molecule has 106 valence electrons. The number of aryl methyl sites for hydroxylation is 1. The molecule has 0 saturated heterocycles. The summed E-state index contributed by atoms with van der Waals surface area (Å²) in [5, 5.41) is 4.17. The molecule has 2 nitrogen and oxygen atoms in total. The van der Waals surface area contributed by atoms with Gasteiger partial charge in [-0.05, 0) is 54.8 Å². The smallest absolute Gasteiger partial charge is 0.119 e. The van der Waals surface area contributed by atoms with Gasteiger partial charge in [-0.25, -0.2) is 0 Å². The van der Waals surface area contributed by atoms with Crippen LogP contribution in [0.5, 0.6) is 5.75 Å². The first kappa shape index (κ1) is 14.7. The molecule has 0 saturated carbocycles. The van der Waals surface area contributed by atoms with Crippen LogP contribution >= 0.6 is 11.6 Å². The van der Waals surface area contributed by atoms with E-state index < -0.39 is 0 Å². The quantitative estimate of drug-likeness (QED) is 0.803. The van der Waals surface area contributed by atoms with Crippen molar-refractivity contribution in [2.75, 3.05) is 11.9 Å². The lowest BCUT2D eigenvalue weighted by Gasteiger charge is -2.10. The summed E-state index contributed by atoms with van der Waals surface area (Å²) in [5.41, 5.74) is 3.34. The van der Waals surface area contributed by atoms with Crippen LogP contribution in [-0.2, 0) is 6.54 Å². The summed E-state index contributed by atoms with van der Waals surface area (Å²) < 4.78 is 5.56. The summed E-state index contributed by atoms with van der Waals surface area (Å²) in [6.07, 6.45) is 1.02. The first-order chi connectivity index (χ1) is 9.69. The number of halogens is 1. The highest BCUT2D eigenvalue weighted by Gasteiger charge is 2.01. The Morgan fingerprint density at radius 3 is 2.50 bits per heavy atom. The van der Waals surface area contributed by atoms with E-state index in [1.165, 1.54) is 5.56 Å². The fraction of sp³-hybridized carbons (Fsp3) is 0.294. The highest BCUT2D eigenvalue weighted by Crippen LogP contribution is 2.20. The number of rotatable bonds is 6. The second-order valence-electron chi connectivity index (χ2n) is 4.82. The summed E-state index contributed by atoms with van der Waals surface area (Å²) in [6.45, 7) is 5.61. The molecule has 0 aromatic heterocycles. The normalized spacial score (nSPS) is 10.3. The van der Waals surface area contributed by atoms with Crippen LogP contribution in [0.3, 0.4) is 0 Å². The molecule has 2 rings (SSSR count). The molecule has 3 heteroatoms. The Morgan fingerprint density at radius 1 is 1.10 bits per heavy atom. The van der Waals surface area contributed by atoms with E-state index in [1.807, 2.05) is 37.3 Å². The first-order valence-electron chi connectivity index (χ1n) is 6.91. The number of benzene rings is 2. The molecule has 0 unspecified atom stereocenters. The first-order valence-corrected chi connectivity index (χ1v) is 7.28. The zero-order valence-corrected chi connectivity index (χ0v) is 12.7. The van der Waals surface area contributed by atoms with Gasteiger partial charge < -0.3 is 10.1 Å². The lowest BCUT2D eigenvalue weighted by Crippen LogP contribution is -2.00. The topological polar surface area (TPSA) is 21.3 Å². The van der Waals surface area contributed by atoms with Crippen LogP contribution in [0.2, 0.25) is 5.02 Å². The molecular formula is C17H20ClNO. The molecule has 0 bridgehead atoms. The van der Waals surface area contributed by atoms with E-state index in [-0.39, 0.29) is 0 Å². The Morgan fingerprint density at radius 2 is 1.85 bits per heavy atom. The molecule has 0 aliphatic heterocycles. The van der Waals surface area contributed by atoms with Crippen molar-refractivity contribution in [2.45, 2.75) is 26.8 Å². The van der Waals surface area contributed by atoms with Crippen molar-refractivity contribution in [1.82, 2.24) is 0 Å². The average Bonchev–Trinajstić information content (AvgIpc) is 2.45. The lowest BCUT2D eigenvalue weighted by molar-refractivity contribution is 0.317. The van der Waals surface area contributed by atoms with Crippen LogP contribution < -0.4 is 10.1 Å². The molecule has 0 aliphatic carbocycles. The van der Waals surface area contributed by atoms with E-state index in [2.05, 4.69) is 24.4 Å². The Labute approximate surface area is 125 Å². The largest absolute Gasteiger partial charge is 0.494 e. The summed E-state index contributed by atoms with van der Waals surface area (Å²) in [4.78, 5) is 0. The van der Waals surface area contributed by atoms with Crippen molar-refractivity contribution < 1.29 is 4.74 Å². The zero-order valence-electron chi connectivity index (χ0n) is 11.9. The summed E-state index contributed by atoms with van der Waals surface area (Å²) >= 11 is 6.22. The minimum Gasteiger partial charge on any atom is -0.494 e. The average molecular weight is 290 g/mol. The number of hydrogen-bond donors (Lipinski definition) is 1. The van der Waals surface area contributed by atoms with Crippen molar-refractivity contribution in [1.29, 1.82) is 0 Å². The Hall–Kier alpha value is -1.67. The molecule has 0 aliphatic rings. The third kappa shape index (κ3) is 4.17. The molecule has 2 aromatic carbocycles. The molecule has 0 fully saturated rings. The maximum Gasteiger partial charge on any atom is 0.119 e. The van der Waals surface area contributed by atoms with E-state index in [9.17, 15) is 0 Å². The van der Waals surface area contributed by atoms with Crippen molar-refractivity contribution >= 4 is 17.3 Å². The molecule has 0 amide bonds. The third-order valence-electron chi connectivity index (χ3n) is 3.02. The molecule has 0 heterocycles. The van der Waals surface area contributed by atoms with Gasteiger partial charge in [-0.15, -0.1) is 0 Å². The Bertz CT molecular complexity index is 551. The predicted octanol–water partition coefficient (Wildman–Crippen LogP) is 5.05. The van der Waals surface area contributed by atoms with E-state index in [0.29, 0.717) is 6.54 Å². The number of hydrogen-bond acceptors (Lipinski definition) is 2. The van der Waals surface area contributed by atoms with E-state index in [1.54, 1.807) is 0 Å². The van der Waals surface area contributed by atoms with Gasteiger partial charge in [-0.2, -0.15) is 0 Å². The lowest BCUT2D eigenvalue weighted by atomic mass is 10.1. The van der Waals surface area contributed by atoms with Crippen molar-refractivity contribution in [2.24, 2.45) is 0 Å². The van der Waals surface area contributed by atoms with Crippen molar-refractivity contribution in [3.05, 3.63) is 58.6 Å². The van der Waals surface area contributed by atoms with Crippen LogP contribution in [0.4, 0.5) is 5.69 Å². The second-order valence-corrected chi connectivity index (χ2v) is 5.23. The monoisotopic (exact) mass is 289 g/mol. The van der Waals surface area contributed by atoms with Gasteiger partial charge in [0.15, 0.2) is 0 Å². The van der Waals surface area contributed by atoms with Crippen LogP contribution in [0.15, 0.2) is 42.5 Å². The van der Waals surface area contributed by atoms with Gasteiger partial charge in [0.1, 0.15) is 5.75 Å². The minimum absolute atomic E-state index is 0.717. The van der Waals surface area contributed by atoms with Crippen LogP contribution in [-0.4, -0.2) is 6.61 Å². The van der Waals surface area contributed by atoms with Crippen LogP contribution in [0.1, 0.15) is 24.5 Å². The fourth-order valence-corrected chi connectivity index (χ4v) is 2.18. The van der Waals surface area contributed by atoms with E-state index in [4.69, 9.17) is 16.3 Å². The van der Waals surface area contributed by atoms with Gasteiger partial charge in [0.25, 0.3) is 0 Å². The maximum absolute atomic E-state index is 6.22. The van der Waals surface area contributed by atoms with Crippen molar-refractivity contribution in [3.8, 4) is 5.75 Å². The molecule has 0 spiro atoms. The molecule has 0 atom stereocenters. The van der Waals surface area contributed by atoms with Gasteiger partial charge in [-0.1, -0.05) is 30.7 Å². The minimum atomic E-state index is 0.717. The molecule has 1 N–H and O–H groups in total. The zero-order chi connectivity index (χ0) is 14.4. The molecular weight excluding hydrogens is 270 g/mol. The van der Waals surface area contributed by atoms with Crippen molar-refractivity contribution in [3.63, 3.8) is 0 Å². The number of anilines is 1. The van der Waals surface area contributed by atoms with Crippen LogP contribution in [0, 0.1) is 6.92 Å². The SMILES string of the molecule is CCCOc1ccc(NCc2ccc(C)cc2Cl)cc1. The predicted molar refractivity (Wildman–Crippen MR) is 85.7 cm³/mol. The van der Waals surface area contributed by atoms with Gasteiger partial charge >= 0.3 is 0 Å². The summed E-state index contributed by atoms with van der Waals surface area (Å²) in [6, 6.07) is 14.1. The summed E-state index contributed by atoms with van der Waals surface area (Å²) in [5.74, 6) is 0.908. The molecule has 2 aromatic rings. The number of nitrogens with one attached hydrogen (secondary N) is 1. The summed E-state index contributed by atoms with van der Waals surface area (Å²) in [7, 11) is 0. The highest BCUT2D eigenvalue weighted by atomic mass is 35.5. The highest BCUT2D eigenvalue weighted by molar-refractivity contribution is 6.31. The fourth-order valence-electron chi connectivity index (χ4n) is 1.88. The van der Waals surface area contributed by atoms with Crippen LogP contribution in [0.25, 0.3) is 0 Å². The maximum atomic E-state index is 6.22. The Balaban J connectivity index is 1.93. The number of ether oxygens (including phenoxy) is 1. The molecule has 20 heavy (non-hydrogen) atoms. The standard InChI is InChI=1S/C17H20ClNO/c1-3-10-20-16-8-6-15(7-9-16)19-12-14-5-4-13(2)11-17(14)18/h4-9,11,19H,3,10,12H2,1-2H3. The second kappa shape index (κ2) is 7.20. The van der Waals surface area contributed by atoms with E-state index >= 15 is 0 Å². The third-order valence-corrected chi connectivity index (χ3v) is 3.37.